The molecule has 29 heavy (non-hydrogen) atoms. The van der Waals surface area contributed by atoms with Crippen LogP contribution in [-0.4, -0.2) is 39.1 Å². The molecule has 0 spiro atoms. The van der Waals surface area contributed by atoms with Gasteiger partial charge in [-0.3, -0.25) is 9.97 Å². The quantitative estimate of drug-likeness (QED) is 0.415. The first-order valence-electron chi connectivity index (χ1n) is 10.5. The number of hydrogen-bond donors (Lipinski definition) is 0. The molecule has 0 atom stereocenters. The highest BCUT2D eigenvalue weighted by molar-refractivity contribution is 7.08. The molecule has 0 bridgehead atoms. The van der Waals surface area contributed by atoms with Crippen molar-refractivity contribution in [2.75, 3.05) is 19.6 Å². The van der Waals surface area contributed by atoms with Crippen LogP contribution >= 0.6 is 11.3 Å². The number of aryl methyl sites for hydroxylation is 1. The zero-order valence-electron chi connectivity index (χ0n) is 16.6. The summed E-state index contributed by atoms with van der Waals surface area (Å²) in [7, 11) is 0. The summed E-state index contributed by atoms with van der Waals surface area (Å²) < 4.78 is 2.37. The maximum absolute atomic E-state index is 4.71. The summed E-state index contributed by atoms with van der Waals surface area (Å²) in [6.45, 7) is 4.74. The zero-order valence-corrected chi connectivity index (χ0v) is 17.4. The second kappa shape index (κ2) is 8.47. The van der Waals surface area contributed by atoms with Crippen molar-refractivity contribution in [1.82, 2.24) is 19.4 Å². The Balaban J connectivity index is 1.42. The predicted molar refractivity (Wildman–Crippen MR) is 121 cm³/mol. The average Bonchev–Trinajstić information content (AvgIpc) is 3.44. The Kier molecular flexibility index (Phi) is 5.41. The third-order valence-electron chi connectivity index (χ3n) is 5.86. The number of fused-ring (bicyclic) bond motifs is 1. The summed E-state index contributed by atoms with van der Waals surface area (Å²) in [6, 6.07) is 8.60. The topological polar surface area (TPSA) is 34.0 Å². The van der Waals surface area contributed by atoms with Gasteiger partial charge in [0.25, 0.3) is 0 Å². The minimum Gasteiger partial charge on any atom is -0.345 e. The molecule has 4 nitrogen and oxygen atoms in total. The van der Waals surface area contributed by atoms with Gasteiger partial charge in [0.1, 0.15) is 0 Å². The Hall–Kier alpha value is -2.50. The lowest BCUT2D eigenvalue weighted by molar-refractivity contribution is 0.223. The van der Waals surface area contributed by atoms with E-state index in [1.54, 1.807) is 11.3 Å². The van der Waals surface area contributed by atoms with Gasteiger partial charge in [0.2, 0.25) is 0 Å². The second-order valence-electron chi connectivity index (χ2n) is 7.84. The highest BCUT2D eigenvalue weighted by Gasteiger charge is 2.14. The van der Waals surface area contributed by atoms with Gasteiger partial charge in [-0.25, -0.2) is 0 Å². The van der Waals surface area contributed by atoms with Crippen LogP contribution in [0.1, 0.15) is 25.7 Å². The minimum atomic E-state index is 1.02. The normalized spacial score (nSPS) is 15.2. The third kappa shape index (κ3) is 3.98. The van der Waals surface area contributed by atoms with E-state index in [1.807, 2.05) is 24.7 Å². The maximum atomic E-state index is 4.71. The average molecular weight is 403 g/mol. The number of nitrogens with zero attached hydrogens (tertiary/aromatic N) is 4. The fourth-order valence-electron chi connectivity index (χ4n) is 4.34. The number of aromatic nitrogens is 3. The summed E-state index contributed by atoms with van der Waals surface area (Å²) >= 11 is 1.72. The van der Waals surface area contributed by atoms with Crippen molar-refractivity contribution in [2.45, 2.75) is 32.2 Å². The molecule has 0 saturated carbocycles. The van der Waals surface area contributed by atoms with Crippen molar-refractivity contribution < 1.29 is 0 Å². The van der Waals surface area contributed by atoms with Crippen LogP contribution in [0.25, 0.3) is 33.3 Å². The van der Waals surface area contributed by atoms with E-state index in [0.717, 1.165) is 23.2 Å². The lowest BCUT2D eigenvalue weighted by Crippen LogP contribution is -2.31. The fourth-order valence-corrected chi connectivity index (χ4v) is 5.01. The number of hydrogen-bond acceptors (Lipinski definition) is 4. The Labute approximate surface area is 175 Å². The monoisotopic (exact) mass is 402 g/mol. The predicted octanol–water partition coefficient (Wildman–Crippen LogP) is 5.70. The zero-order chi connectivity index (χ0) is 19.5. The smallest absolute Gasteiger partial charge is 0.0959 e. The van der Waals surface area contributed by atoms with Crippen molar-refractivity contribution in [3.8, 4) is 22.3 Å². The maximum Gasteiger partial charge on any atom is 0.0959 e. The van der Waals surface area contributed by atoms with Crippen LogP contribution in [0, 0.1) is 0 Å². The van der Waals surface area contributed by atoms with Crippen molar-refractivity contribution in [1.29, 1.82) is 0 Å². The standard InChI is InChI=1S/C24H26N4S/c1-2-9-27(10-3-1)11-5-12-28-17-22(24-23(28)6-4-8-26-24)21-14-20(15-25-16-21)19-7-13-29-18-19/h4,6-8,13-18H,1-3,5,9-12H2. The first kappa shape index (κ1) is 18.5. The molecule has 4 aromatic heterocycles. The van der Waals surface area contributed by atoms with E-state index < -0.39 is 0 Å². The molecule has 1 saturated heterocycles. The van der Waals surface area contributed by atoms with Gasteiger partial charge < -0.3 is 9.47 Å². The molecular formula is C24H26N4S. The van der Waals surface area contributed by atoms with Gasteiger partial charge in [-0.1, -0.05) is 6.42 Å². The molecule has 5 heterocycles. The van der Waals surface area contributed by atoms with Crippen LogP contribution in [-0.2, 0) is 6.54 Å². The van der Waals surface area contributed by atoms with E-state index in [4.69, 9.17) is 4.98 Å². The molecule has 1 aliphatic heterocycles. The van der Waals surface area contributed by atoms with Crippen LogP contribution < -0.4 is 0 Å². The fraction of sp³-hybridized carbons (Fsp3) is 0.333. The van der Waals surface area contributed by atoms with Crippen LogP contribution in [0.5, 0.6) is 0 Å². The van der Waals surface area contributed by atoms with Crippen LogP contribution in [0.4, 0.5) is 0 Å². The molecule has 0 aliphatic carbocycles. The number of pyridine rings is 2. The highest BCUT2D eigenvalue weighted by atomic mass is 32.1. The highest BCUT2D eigenvalue weighted by Crippen LogP contribution is 2.32. The largest absolute Gasteiger partial charge is 0.345 e. The summed E-state index contributed by atoms with van der Waals surface area (Å²) in [5.74, 6) is 0. The molecule has 1 fully saturated rings. The molecule has 0 amide bonds. The Morgan fingerprint density at radius 2 is 1.86 bits per heavy atom. The summed E-state index contributed by atoms with van der Waals surface area (Å²) in [4.78, 5) is 11.8. The number of thiophene rings is 1. The second-order valence-corrected chi connectivity index (χ2v) is 8.62. The molecule has 1 aliphatic rings. The molecule has 0 unspecified atom stereocenters. The SMILES string of the molecule is c1cnc2c(-c3cncc(-c4ccsc4)c3)cn(CCCN3CCCCC3)c2c1. The lowest BCUT2D eigenvalue weighted by atomic mass is 10.1. The molecule has 5 rings (SSSR count). The first-order valence-corrected chi connectivity index (χ1v) is 11.5. The molecular weight excluding hydrogens is 376 g/mol. The van der Waals surface area contributed by atoms with Gasteiger partial charge in [0.15, 0.2) is 0 Å². The number of piperidine rings is 1. The van der Waals surface area contributed by atoms with E-state index in [-0.39, 0.29) is 0 Å². The summed E-state index contributed by atoms with van der Waals surface area (Å²) in [5.41, 5.74) is 6.96. The van der Waals surface area contributed by atoms with E-state index in [9.17, 15) is 0 Å². The van der Waals surface area contributed by atoms with Gasteiger partial charge in [-0.05, 0) is 79.5 Å². The van der Waals surface area contributed by atoms with Crippen molar-refractivity contribution in [2.24, 2.45) is 0 Å². The van der Waals surface area contributed by atoms with Gasteiger partial charge in [0, 0.05) is 48.0 Å². The number of likely N-dealkylation sites (tertiary alicyclic amines) is 1. The van der Waals surface area contributed by atoms with Crippen molar-refractivity contribution >= 4 is 22.4 Å². The van der Waals surface area contributed by atoms with Gasteiger partial charge in [0.05, 0.1) is 11.0 Å². The number of rotatable bonds is 6. The van der Waals surface area contributed by atoms with Crippen LogP contribution in [0.2, 0.25) is 0 Å². The molecule has 0 radical (unpaired) electrons. The summed E-state index contributed by atoms with van der Waals surface area (Å²) in [6.07, 6.45) is 13.3. The lowest BCUT2D eigenvalue weighted by Gasteiger charge is -2.26. The molecule has 0 aromatic carbocycles. The van der Waals surface area contributed by atoms with E-state index >= 15 is 0 Å². The van der Waals surface area contributed by atoms with Crippen molar-refractivity contribution in [3.05, 3.63) is 59.8 Å². The third-order valence-corrected chi connectivity index (χ3v) is 6.54. The Morgan fingerprint density at radius 1 is 0.966 bits per heavy atom. The molecule has 148 valence electrons. The summed E-state index contributed by atoms with van der Waals surface area (Å²) in [5, 5.41) is 4.28. The van der Waals surface area contributed by atoms with Gasteiger partial charge >= 0.3 is 0 Å². The van der Waals surface area contributed by atoms with E-state index in [2.05, 4.69) is 49.6 Å². The van der Waals surface area contributed by atoms with E-state index in [1.165, 1.54) is 62.0 Å². The van der Waals surface area contributed by atoms with Gasteiger partial charge in [-0.2, -0.15) is 11.3 Å². The van der Waals surface area contributed by atoms with Crippen molar-refractivity contribution in [3.63, 3.8) is 0 Å². The Bertz CT molecular complexity index is 1080. The van der Waals surface area contributed by atoms with Gasteiger partial charge in [-0.15, -0.1) is 0 Å². The van der Waals surface area contributed by atoms with Crippen LogP contribution in [0.3, 0.4) is 0 Å². The van der Waals surface area contributed by atoms with Crippen LogP contribution in [0.15, 0.2) is 59.8 Å². The van der Waals surface area contributed by atoms with E-state index in [0.29, 0.717) is 0 Å². The molecule has 4 aromatic rings. The minimum absolute atomic E-state index is 1.02. The molecule has 0 N–H and O–H groups in total. The Morgan fingerprint density at radius 3 is 2.72 bits per heavy atom. The molecule has 5 heteroatoms. The first-order chi connectivity index (χ1) is 14.4.